The van der Waals surface area contributed by atoms with Gasteiger partial charge in [-0.1, -0.05) is 25.0 Å². The zero-order valence-electron chi connectivity index (χ0n) is 13.3. The van der Waals surface area contributed by atoms with Crippen LogP contribution in [0.25, 0.3) is 0 Å². The molecule has 2 fully saturated rings. The Morgan fingerprint density at radius 2 is 1.67 bits per heavy atom. The largest absolute Gasteiger partial charge is 0.497 e. The van der Waals surface area contributed by atoms with Gasteiger partial charge in [0.25, 0.3) is 0 Å². The topological polar surface area (TPSA) is 15.7 Å². The first-order valence-electron chi connectivity index (χ1n) is 8.44. The second-order valence-electron chi connectivity index (χ2n) is 6.41. The molecule has 1 aromatic carbocycles. The highest BCUT2D eigenvalue weighted by molar-refractivity contribution is 5.27. The number of hydrogen-bond acceptors (Lipinski definition) is 3. The van der Waals surface area contributed by atoms with Crippen LogP contribution in [-0.4, -0.2) is 55.7 Å². The molecule has 1 saturated carbocycles. The SMILES string of the molecule is COc1ccc(CCN2CCN(C3CCCC3)CC2)cc1. The molecule has 3 nitrogen and oxygen atoms in total. The third-order valence-electron chi connectivity index (χ3n) is 5.12. The fraction of sp³-hybridized carbons (Fsp3) is 0.667. The molecule has 0 N–H and O–H groups in total. The molecule has 1 aliphatic heterocycles. The first-order valence-corrected chi connectivity index (χ1v) is 8.44. The second-order valence-corrected chi connectivity index (χ2v) is 6.41. The quantitative estimate of drug-likeness (QED) is 0.828. The molecular formula is C18H28N2O. The number of nitrogens with zero attached hydrogens (tertiary/aromatic N) is 2. The van der Waals surface area contributed by atoms with Crippen LogP contribution in [0.4, 0.5) is 0 Å². The van der Waals surface area contributed by atoms with Crippen LogP contribution in [0.5, 0.6) is 5.75 Å². The summed E-state index contributed by atoms with van der Waals surface area (Å²) in [5, 5.41) is 0. The molecule has 0 spiro atoms. The summed E-state index contributed by atoms with van der Waals surface area (Å²) < 4.78 is 5.21. The third kappa shape index (κ3) is 3.98. The normalized spacial score (nSPS) is 21.8. The van der Waals surface area contributed by atoms with Gasteiger partial charge in [0.2, 0.25) is 0 Å². The molecule has 3 heteroatoms. The fourth-order valence-electron chi connectivity index (χ4n) is 3.70. The van der Waals surface area contributed by atoms with Gasteiger partial charge in [0, 0.05) is 38.8 Å². The molecule has 0 bridgehead atoms. The van der Waals surface area contributed by atoms with Gasteiger partial charge < -0.3 is 9.64 Å². The summed E-state index contributed by atoms with van der Waals surface area (Å²) in [7, 11) is 1.72. The van der Waals surface area contributed by atoms with Crippen LogP contribution in [0.3, 0.4) is 0 Å². The molecule has 1 aliphatic carbocycles. The number of piperazine rings is 1. The molecule has 1 saturated heterocycles. The van der Waals surface area contributed by atoms with E-state index in [0.29, 0.717) is 0 Å². The van der Waals surface area contributed by atoms with E-state index in [1.54, 1.807) is 7.11 Å². The zero-order chi connectivity index (χ0) is 14.5. The summed E-state index contributed by atoms with van der Waals surface area (Å²) in [4.78, 5) is 5.35. The molecule has 1 heterocycles. The van der Waals surface area contributed by atoms with Crippen molar-refractivity contribution in [1.82, 2.24) is 9.80 Å². The summed E-state index contributed by atoms with van der Waals surface area (Å²) in [5.74, 6) is 0.948. The number of hydrogen-bond donors (Lipinski definition) is 0. The van der Waals surface area contributed by atoms with E-state index in [1.165, 1.54) is 64.0 Å². The van der Waals surface area contributed by atoms with Gasteiger partial charge in [-0.15, -0.1) is 0 Å². The Labute approximate surface area is 128 Å². The van der Waals surface area contributed by atoms with Crippen LogP contribution >= 0.6 is 0 Å². The van der Waals surface area contributed by atoms with Crippen molar-refractivity contribution in [3.63, 3.8) is 0 Å². The van der Waals surface area contributed by atoms with Gasteiger partial charge in [-0.05, 0) is 37.0 Å². The minimum absolute atomic E-state index is 0.897. The van der Waals surface area contributed by atoms with Crippen molar-refractivity contribution in [2.75, 3.05) is 39.8 Å². The Morgan fingerprint density at radius 1 is 1.00 bits per heavy atom. The Hall–Kier alpha value is -1.06. The summed E-state index contributed by atoms with van der Waals surface area (Å²) in [5.41, 5.74) is 1.41. The van der Waals surface area contributed by atoms with E-state index in [1.807, 2.05) is 0 Å². The monoisotopic (exact) mass is 288 g/mol. The third-order valence-corrected chi connectivity index (χ3v) is 5.12. The molecule has 116 valence electrons. The molecule has 0 radical (unpaired) electrons. The molecule has 21 heavy (non-hydrogen) atoms. The van der Waals surface area contributed by atoms with Gasteiger partial charge in [0.05, 0.1) is 7.11 Å². The van der Waals surface area contributed by atoms with Crippen molar-refractivity contribution in [2.24, 2.45) is 0 Å². The van der Waals surface area contributed by atoms with Crippen LogP contribution in [0.1, 0.15) is 31.2 Å². The summed E-state index contributed by atoms with van der Waals surface area (Å²) >= 11 is 0. The second kappa shape index (κ2) is 7.28. The van der Waals surface area contributed by atoms with E-state index in [-0.39, 0.29) is 0 Å². The lowest BCUT2D eigenvalue weighted by atomic mass is 10.1. The van der Waals surface area contributed by atoms with Gasteiger partial charge in [-0.3, -0.25) is 4.90 Å². The lowest BCUT2D eigenvalue weighted by molar-refractivity contribution is 0.0986. The van der Waals surface area contributed by atoms with Crippen LogP contribution in [0, 0.1) is 0 Å². The van der Waals surface area contributed by atoms with Crippen LogP contribution in [-0.2, 0) is 6.42 Å². The lowest BCUT2D eigenvalue weighted by Crippen LogP contribution is -2.50. The van der Waals surface area contributed by atoms with Crippen molar-refractivity contribution in [2.45, 2.75) is 38.1 Å². The maximum atomic E-state index is 5.21. The number of rotatable bonds is 5. The van der Waals surface area contributed by atoms with Crippen molar-refractivity contribution < 1.29 is 4.74 Å². The fourth-order valence-corrected chi connectivity index (χ4v) is 3.70. The number of ether oxygens (including phenoxy) is 1. The molecule has 0 unspecified atom stereocenters. The Balaban J connectivity index is 1.40. The zero-order valence-corrected chi connectivity index (χ0v) is 13.3. The Bertz CT molecular complexity index is 417. The Kier molecular flexibility index (Phi) is 5.15. The summed E-state index contributed by atoms with van der Waals surface area (Å²) in [6, 6.07) is 9.40. The van der Waals surface area contributed by atoms with Crippen LogP contribution in [0.2, 0.25) is 0 Å². The van der Waals surface area contributed by atoms with Gasteiger partial charge in [0.1, 0.15) is 5.75 Å². The average Bonchev–Trinajstić information content (AvgIpc) is 3.08. The lowest BCUT2D eigenvalue weighted by Gasteiger charge is -2.38. The minimum atomic E-state index is 0.897. The average molecular weight is 288 g/mol. The van der Waals surface area contributed by atoms with Crippen LogP contribution < -0.4 is 4.74 Å². The molecular weight excluding hydrogens is 260 g/mol. The van der Waals surface area contributed by atoms with Crippen molar-refractivity contribution >= 4 is 0 Å². The molecule has 3 rings (SSSR count). The van der Waals surface area contributed by atoms with E-state index in [4.69, 9.17) is 4.74 Å². The predicted molar refractivity (Wildman–Crippen MR) is 87.0 cm³/mol. The molecule has 1 aromatic rings. The van der Waals surface area contributed by atoms with E-state index >= 15 is 0 Å². The van der Waals surface area contributed by atoms with Crippen LogP contribution in [0.15, 0.2) is 24.3 Å². The molecule has 0 amide bonds. The highest BCUT2D eigenvalue weighted by Crippen LogP contribution is 2.24. The standard InChI is InChI=1S/C18H28N2O/c1-21-18-8-6-16(7-9-18)10-11-19-12-14-20(15-13-19)17-4-2-3-5-17/h6-9,17H,2-5,10-15H2,1H3. The summed E-state index contributed by atoms with van der Waals surface area (Å²) in [6.07, 6.45) is 6.91. The molecule has 0 atom stereocenters. The minimum Gasteiger partial charge on any atom is -0.497 e. The smallest absolute Gasteiger partial charge is 0.118 e. The predicted octanol–water partition coefficient (Wildman–Crippen LogP) is 2.80. The highest BCUT2D eigenvalue weighted by atomic mass is 16.5. The van der Waals surface area contributed by atoms with E-state index < -0.39 is 0 Å². The van der Waals surface area contributed by atoms with Gasteiger partial charge in [0.15, 0.2) is 0 Å². The van der Waals surface area contributed by atoms with Crippen molar-refractivity contribution in [1.29, 1.82) is 0 Å². The van der Waals surface area contributed by atoms with E-state index in [0.717, 1.165) is 18.2 Å². The van der Waals surface area contributed by atoms with Gasteiger partial charge in [-0.25, -0.2) is 0 Å². The van der Waals surface area contributed by atoms with Crippen molar-refractivity contribution in [3.05, 3.63) is 29.8 Å². The highest BCUT2D eigenvalue weighted by Gasteiger charge is 2.25. The van der Waals surface area contributed by atoms with Gasteiger partial charge >= 0.3 is 0 Å². The molecule has 2 aliphatic rings. The van der Waals surface area contributed by atoms with Gasteiger partial charge in [-0.2, -0.15) is 0 Å². The maximum Gasteiger partial charge on any atom is 0.118 e. The van der Waals surface area contributed by atoms with Crippen molar-refractivity contribution in [3.8, 4) is 5.75 Å². The number of methoxy groups -OCH3 is 1. The van der Waals surface area contributed by atoms with E-state index in [2.05, 4.69) is 34.1 Å². The first kappa shape index (κ1) is 14.9. The first-order chi connectivity index (χ1) is 10.3. The summed E-state index contributed by atoms with van der Waals surface area (Å²) in [6.45, 7) is 6.21. The molecule has 0 aromatic heterocycles. The maximum absolute atomic E-state index is 5.21. The Morgan fingerprint density at radius 3 is 2.29 bits per heavy atom. The van der Waals surface area contributed by atoms with E-state index in [9.17, 15) is 0 Å². The number of benzene rings is 1.